The SMILES string of the molecule is Nc1nccc(F)c1C(=O)Cl. The van der Waals surface area contributed by atoms with Gasteiger partial charge in [0.25, 0.3) is 5.24 Å². The Morgan fingerprint density at radius 3 is 2.73 bits per heavy atom. The molecule has 0 aliphatic rings. The van der Waals surface area contributed by atoms with Gasteiger partial charge in [-0.2, -0.15) is 0 Å². The molecule has 0 atom stereocenters. The van der Waals surface area contributed by atoms with Gasteiger partial charge < -0.3 is 5.73 Å². The molecular weight excluding hydrogens is 171 g/mol. The molecule has 2 N–H and O–H groups in total. The minimum absolute atomic E-state index is 0.190. The van der Waals surface area contributed by atoms with Crippen LogP contribution in [0.4, 0.5) is 10.2 Å². The number of halogens is 2. The lowest BCUT2D eigenvalue weighted by molar-refractivity contribution is 0.107. The number of hydrogen-bond acceptors (Lipinski definition) is 3. The standard InChI is InChI=1S/C6H4ClFN2O/c7-5(11)4-3(8)1-2-10-6(4)9/h1-2H,(H2,9,10). The maximum Gasteiger partial charge on any atom is 0.259 e. The summed E-state index contributed by atoms with van der Waals surface area (Å²) in [5.74, 6) is -0.942. The summed E-state index contributed by atoms with van der Waals surface area (Å²) in [6, 6.07) is 1.02. The monoisotopic (exact) mass is 174 g/mol. The van der Waals surface area contributed by atoms with Gasteiger partial charge in [0.2, 0.25) is 0 Å². The zero-order valence-electron chi connectivity index (χ0n) is 5.34. The predicted molar refractivity (Wildman–Crippen MR) is 38.8 cm³/mol. The zero-order valence-corrected chi connectivity index (χ0v) is 6.10. The Balaban J connectivity index is 3.32. The Morgan fingerprint density at radius 1 is 1.73 bits per heavy atom. The van der Waals surface area contributed by atoms with Gasteiger partial charge in [0.15, 0.2) is 0 Å². The summed E-state index contributed by atoms with van der Waals surface area (Å²) in [6.07, 6.45) is 1.16. The molecule has 0 unspecified atom stereocenters. The summed E-state index contributed by atoms with van der Waals surface area (Å²) in [5.41, 5.74) is 4.80. The normalized spacial score (nSPS) is 9.64. The van der Waals surface area contributed by atoms with Crippen LogP contribution in [0.25, 0.3) is 0 Å². The van der Waals surface area contributed by atoms with Gasteiger partial charge in [-0.1, -0.05) is 0 Å². The summed E-state index contributed by atoms with van der Waals surface area (Å²) >= 11 is 5.01. The smallest absolute Gasteiger partial charge is 0.259 e. The molecule has 3 nitrogen and oxygen atoms in total. The van der Waals surface area contributed by atoms with Crippen LogP contribution in [0.3, 0.4) is 0 Å². The number of hydrogen-bond donors (Lipinski definition) is 1. The first-order valence-corrected chi connectivity index (χ1v) is 3.10. The number of aromatic nitrogens is 1. The fourth-order valence-corrected chi connectivity index (χ4v) is 0.835. The van der Waals surface area contributed by atoms with Crippen molar-refractivity contribution in [2.45, 2.75) is 0 Å². The zero-order chi connectivity index (χ0) is 8.43. The number of carbonyl (C=O) groups excluding carboxylic acids is 1. The molecule has 0 aliphatic carbocycles. The summed E-state index contributed by atoms with van der Waals surface area (Å²) < 4.78 is 12.7. The first-order valence-electron chi connectivity index (χ1n) is 2.72. The molecule has 1 aromatic heterocycles. The van der Waals surface area contributed by atoms with E-state index >= 15 is 0 Å². The highest BCUT2D eigenvalue weighted by atomic mass is 35.5. The van der Waals surface area contributed by atoms with Crippen molar-refractivity contribution >= 4 is 22.7 Å². The quantitative estimate of drug-likeness (QED) is 0.651. The fraction of sp³-hybridized carbons (Fsp3) is 0. The highest BCUT2D eigenvalue weighted by Gasteiger charge is 2.12. The molecule has 1 heterocycles. The molecular formula is C6H4ClFN2O. The van der Waals surface area contributed by atoms with Gasteiger partial charge in [0.1, 0.15) is 17.2 Å². The van der Waals surface area contributed by atoms with E-state index in [1.165, 1.54) is 0 Å². The topological polar surface area (TPSA) is 56.0 Å². The van der Waals surface area contributed by atoms with E-state index in [1.807, 2.05) is 0 Å². The summed E-state index contributed by atoms with van der Waals surface area (Å²) in [5, 5.41) is -0.937. The number of carbonyl (C=O) groups is 1. The molecule has 58 valence electrons. The van der Waals surface area contributed by atoms with Crippen LogP contribution in [0.5, 0.6) is 0 Å². The van der Waals surface area contributed by atoms with Gasteiger partial charge in [0.05, 0.1) is 0 Å². The van der Waals surface area contributed by atoms with Crippen LogP contribution >= 0.6 is 11.6 Å². The number of nitrogen functional groups attached to an aromatic ring is 1. The van der Waals surface area contributed by atoms with Gasteiger partial charge in [-0.05, 0) is 17.7 Å². The maximum atomic E-state index is 12.7. The van der Waals surface area contributed by atoms with Gasteiger partial charge in [-0.25, -0.2) is 9.37 Å². The largest absolute Gasteiger partial charge is 0.383 e. The van der Waals surface area contributed by atoms with Crippen molar-refractivity contribution in [1.82, 2.24) is 4.98 Å². The second-order valence-electron chi connectivity index (χ2n) is 1.83. The molecule has 0 saturated heterocycles. The fourth-order valence-electron chi connectivity index (χ4n) is 0.648. The van der Waals surface area contributed by atoms with Crippen LogP contribution in [0, 0.1) is 5.82 Å². The number of nitrogens with zero attached hydrogens (tertiary/aromatic N) is 1. The molecule has 0 radical (unpaired) electrons. The van der Waals surface area contributed by atoms with E-state index in [4.69, 9.17) is 17.3 Å². The molecule has 5 heteroatoms. The molecule has 1 aromatic rings. The van der Waals surface area contributed by atoms with Crippen LogP contribution in [0.1, 0.15) is 10.4 Å². The highest BCUT2D eigenvalue weighted by molar-refractivity contribution is 6.68. The van der Waals surface area contributed by atoms with Gasteiger partial charge in [-0.3, -0.25) is 4.79 Å². The lowest BCUT2D eigenvalue weighted by atomic mass is 10.3. The van der Waals surface area contributed by atoms with E-state index in [2.05, 4.69) is 4.98 Å². The third kappa shape index (κ3) is 1.46. The first-order chi connectivity index (χ1) is 5.13. The van der Waals surface area contributed by atoms with Crippen molar-refractivity contribution < 1.29 is 9.18 Å². The molecule has 1 rings (SSSR count). The molecule has 0 amide bonds. The van der Waals surface area contributed by atoms with E-state index in [1.54, 1.807) is 0 Å². The van der Waals surface area contributed by atoms with Gasteiger partial charge >= 0.3 is 0 Å². The van der Waals surface area contributed by atoms with E-state index < -0.39 is 11.1 Å². The van der Waals surface area contributed by atoms with Crippen molar-refractivity contribution in [2.24, 2.45) is 0 Å². The van der Waals surface area contributed by atoms with Crippen molar-refractivity contribution in [2.75, 3.05) is 5.73 Å². The van der Waals surface area contributed by atoms with Gasteiger partial charge in [-0.15, -0.1) is 0 Å². The minimum atomic E-state index is -0.937. The maximum absolute atomic E-state index is 12.7. The molecule has 0 aromatic carbocycles. The first kappa shape index (κ1) is 7.94. The summed E-state index contributed by atoms with van der Waals surface area (Å²) in [6.45, 7) is 0. The van der Waals surface area contributed by atoms with Crippen molar-refractivity contribution in [3.05, 3.63) is 23.6 Å². The Labute approximate surface area is 67.0 Å². The van der Waals surface area contributed by atoms with Crippen LogP contribution in [0.15, 0.2) is 12.3 Å². The lowest BCUT2D eigenvalue weighted by Crippen LogP contribution is -2.03. The molecule has 0 bridgehead atoms. The number of pyridine rings is 1. The Morgan fingerprint density at radius 2 is 2.36 bits per heavy atom. The van der Waals surface area contributed by atoms with Crippen LogP contribution < -0.4 is 5.73 Å². The van der Waals surface area contributed by atoms with E-state index in [-0.39, 0.29) is 11.4 Å². The molecule has 0 aliphatic heterocycles. The third-order valence-electron chi connectivity index (χ3n) is 1.13. The number of nitrogens with two attached hydrogens (primary N) is 1. The van der Waals surface area contributed by atoms with E-state index in [9.17, 15) is 9.18 Å². The average Bonchev–Trinajstić information content (AvgIpc) is 1.85. The Bertz CT molecular complexity index is 282. The second kappa shape index (κ2) is 2.84. The van der Waals surface area contributed by atoms with Crippen molar-refractivity contribution in [3.63, 3.8) is 0 Å². The molecule has 0 fully saturated rings. The van der Waals surface area contributed by atoms with E-state index in [0.717, 1.165) is 12.3 Å². The van der Waals surface area contributed by atoms with Gasteiger partial charge in [0, 0.05) is 6.20 Å². The molecule has 11 heavy (non-hydrogen) atoms. The van der Waals surface area contributed by atoms with Crippen LogP contribution in [-0.4, -0.2) is 10.2 Å². The van der Waals surface area contributed by atoms with Crippen LogP contribution in [0.2, 0.25) is 0 Å². The van der Waals surface area contributed by atoms with Crippen molar-refractivity contribution in [3.8, 4) is 0 Å². The summed E-state index contributed by atoms with van der Waals surface area (Å²) in [4.78, 5) is 14.0. The minimum Gasteiger partial charge on any atom is -0.383 e. The molecule has 0 spiro atoms. The Kier molecular flexibility index (Phi) is 2.05. The van der Waals surface area contributed by atoms with Crippen LogP contribution in [-0.2, 0) is 0 Å². The number of anilines is 1. The lowest BCUT2D eigenvalue weighted by Gasteiger charge is -1.98. The summed E-state index contributed by atoms with van der Waals surface area (Å²) in [7, 11) is 0. The predicted octanol–water partition coefficient (Wildman–Crippen LogP) is 1.18. The second-order valence-corrected chi connectivity index (χ2v) is 2.17. The highest BCUT2D eigenvalue weighted by Crippen LogP contribution is 2.14. The molecule has 0 saturated carbocycles. The van der Waals surface area contributed by atoms with Crippen molar-refractivity contribution in [1.29, 1.82) is 0 Å². The number of rotatable bonds is 1. The average molecular weight is 175 g/mol. The van der Waals surface area contributed by atoms with E-state index in [0.29, 0.717) is 0 Å². The third-order valence-corrected chi connectivity index (χ3v) is 1.31. The Hall–Kier alpha value is -1.16.